The highest BCUT2D eigenvalue weighted by atomic mass is 19.4. The van der Waals surface area contributed by atoms with Gasteiger partial charge in [0.1, 0.15) is 11.6 Å². The minimum Gasteiger partial charge on any atom is -0.384 e. The molecule has 1 aliphatic carbocycles. The van der Waals surface area contributed by atoms with E-state index in [0.29, 0.717) is 18.4 Å². The van der Waals surface area contributed by atoms with Crippen LogP contribution >= 0.6 is 0 Å². The smallest absolute Gasteiger partial charge is 0.384 e. The number of carbonyl (C=O) groups excluding carboxylic acids is 1. The lowest BCUT2D eigenvalue weighted by Gasteiger charge is -2.37. The summed E-state index contributed by atoms with van der Waals surface area (Å²) in [6.07, 6.45) is -1.99. The van der Waals surface area contributed by atoms with Gasteiger partial charge in [-0.3, -0.25) is 0 Å². The summed E-state index contributed by atoms with van der Waals surface area (Å²) in [5.41, 5.74) is 2.80. The largest absolute Gasteiger partial charge is 0.427 e. The molecule has 1 saturated carbocycles. The van der Waals surface area contributed by atoms with Gasteiger partial charge < -0.3 is 16.4 Å². The number of hydrogen-bond donors (Lipinski definition) is 3. The molecule has 1 unspecified atom stereocenters. The van der Waals surface area contributed by atoms with Crippen LogP contribution in [0.4, 0.5) is 33.9 Å². The average Bonchev–Trinajstić information content (AvgIpc) is 3.44. The summed E-state index contributed by atoms with van der Waals surface area (Å²) in [4.78, 5) is 15.9. The molecule has 0 radical (unpaired) electrons. The molecule has 9 heteroatoms. The summed E-state index contributed by atoms with van der Waals surface area (Å²) < 4.78 is 57.0. The number of halogens is 4. The third-order valence-electron chi connectivity index (χ3n) is 4.85. The van der Waals surface area contributed by atoms with Gasteiger partial charge in [0.25, 0.3) is 0 Å². The Morgan fingerprint density at radius 3 is 2.69 bits per heavy atom. The predicted octanol–water partition coefficient (Wildman–Crippen LogP) is 3.70. The topological polar surface area (TPSA) is 80.0 Å². The lowest BCUT2D eigenvalue weighted by atomic mass is 9.85. The maximum absolute atomic E-state index is 14.8. The monoisotopic (exact) mass is 404 g/mol. The minimum atomic E-state index is -4.94. The number of nitrogens with two attached hydrogens (primary N) is 1. The molecule has 1 aromatic carbocycles. The van der Waals surface area contributed by atoms with Gasteiger partial charge in [-0.15, -0.1) is 0 Å². The summed E-state index contributed by atoms with van der Waals surface area (Å²) in [5.74, 6) is 4.02. The van der Waals surface area contributed by atoms with Gasteiger partial charge in [0.05, 0.1) is 0 Å². The van der Waals surface area contributed by atoms with E-state index in [-0.39, 0.29) is 29.4 Å². The van der Waals surface area contributed by atoms with Crippen LogP contribution in [0.1, 0.15) is 29.5 Å². The highest BCUT2D eigenvalue weighted by Gasteiger charge is 2.59. The summed E-state index contributed by atoms with van der Waals surface area (Å²) in [5, 5.41) is 4.21. The van der Waals surface area contributed by atoms with Crippen molar-refractivity contribution in [2.75, 3.05) is 11.1 Å². The van der Waals surface area contributed by atoms with Crippen molar-refractivity contribution in [1.82, 2.24) is 10.3 Å². The second-order valence-electron chi connectivity index (χ2n) is 7.13. The maximum atomic E-state index is 14.8. The molecule has 2 aromatic rings. The highest BCUT2D eigenvalue weighted by Crippen LogP contribution is 2.45. The molecule has 0 saturated heterocycles. The van der Waals surface area contributed by atoms with Crippen molar-refractivity contribution >= 4 is 17.5 Å². The van der Waals surface area contributed by atoms with Crippen LogP contribution in [0.5, 0.6) is 0 Å². The number of hydrogen-bond acceptors (Lipinski definition) is 3. The summed E-state index contributed by atoms with van der Waals surface area (Å²) in [6.45, 7) is 0. The van der Waals surface area contributed by atoms with Gasteiger partial charge in [-0.1, -0.05) is 11.8 Å². The number of pyridine rings is 1. The third kappa shape index (κ3) is 3.58. The van der Waals surface area contributed by atoms with Crippen molar-refractivity contribution in [3.05, 3.63) is 53.0 Å². The van der Waals surface area contributed by atoms with Crippen LogP contribution in [0, 0.1) is 23.6 Å². The van der Waals surface area contributed by atoms with E-state index in [9.17, 15) is 22.4 Å². The summed E-state index contributed by atoms with van der Waals surface area (Å²) >= 11 is 0. The van der Waals surface area contributed by atoms with Crippen LogP contribution in [0.25, 0.3) is 0 Å². The Balaban J connectivity index is 1.81. The fraction of sp³-hybridized carbons (Fsp3) is 0.300. The number of carbonyl (C=O) groups is 1. The Labute approximate surface area is 163 Å². The number of amides is 2. The lowest BCUT2D eigenvalue weighted by molar-refractivity contribution is -0.178. The van der Waals surface area contributed by atoms with E-state index < -0.39 is 29.1 Å². The Kier molecular flexibility index (Phi) is 4.37. The molecule has 0 bridgehead atoms. The van der Waals surface area contributed by atoms with E-state index in [4.69, 9.17) is 5.73 Å². The fourth-order valence-corrected chi connectivity index (χ4v) is 3.21. The van der Waals surface area contributed by atoms with Crippen LogP contribution in [-0.2, 0) is 12.0 Å². The van der Waals surface area contributed by atoms with Crippen molar-refractivity contribution in [3.8, 4) is 11.8 Å². The molecule has 4 N–H and O–H groups in total. The number of nitrogens with zero attached hydrogens (tertiary/aromatic N) is 1. The van der Waals surface area contributed by atoms with Crippen LogP contribution in [0.3, 0.4) is 0 Å². The van der Waals surface area contributed by atoms with Gasteiger partial charge in [-0.2, -0.15) is 13.2 Å². The first-order chi connectivity index (χ1) is 13.7. The number of fused-ring (bicyclic) bond motifs is 1. The molecule has 1 atom stereocenters. The number of aromatic nitrogens is 1. The Bertz CT molecular complexity index is 1050. The number of urea groups is 1. The molecule has 2 amide bonds. The van der Waals surface area contributed by atoms with Crippen LogP contribution < -0.4 is 16.4 Å². The average molecular weight is 404 g/mol. The molecule has 29 heavy (non-hydrogen) atoms. The van der Waals surface area contributed by atoms with Crippen molar-refractivity contribution in [3.63, 3.8) is 0 Å². The molecular weight excluding hydrogens is 388 g/mol. The fourth-order valence-electron chi connectivity index (χ4n) is 3.21. The van der Waals surface area contributed by atoms with Gasteiger partial charge >= 0.3 is 12.2 Å². The van der Waals surface area contributed by atoms with Gasteiger partial charge in [-0.25, -0.2) is 14.2 Å². The molecule has 2 aliphatic rings. The number of benzene rings is 1. The molecule has 1 aromatic heterocycles. The van der Waals surface area contributed by atoms with Gasteiger partial charge in [0.2, 0.25) is 5.54 Å². The van der Waals surface area contributed by atoms with E-state index in [0.717, 1.165) is 6.07 Å². The van der Waals surface area contributed by atoms with E-state index >= 15 is 0 Å². The molecule has 2 heterocycles. The number of rotatable bonds is 2. The Morgan fingerprint density at radius 2 is 2.03 bits per heavy atom. The Hall–Kier alpha value is -3.28. The minimum absolute atomic E-state index is 0.0713. The Morgan fingerprint density at radius 1 is 1.28 bits per heavy atom. The molecule has 1 fully saturated rings. The van der Waals surface area contributed by atoms with E-state index in [1.54, 1.807) is 12.1 Å². The van der Waals surface area contributed by atoms with Crippen molar-refractivity contribution < 1.29 is 22.4 Å². The van der Waals surface area contributed by atoms with Gasteiger partial charge in [0.15, 0.2) is 0 Å². The summed E-state index contributed by atoms with van der Waals surface area (Å²) in [6, 6.07) is 4.11. The number of anilines is 2. The van der Waals surface area contributed by atoms with E-state index in [1.165, 1.54) is 12.3 Å². The van der Waals surface area contributed by atoms with Crippen molar-refractivity contribution in [1.29, 1.82) is 0 Å². The quantitative estimate of drug-likeness (QED) is 0.528. The van der Waals surface area contributed by atoms with Crippen LogP contribution in [-0.4, -0.2) is 17.2 Å². The normalized spacial score (nSPS) is 20.8. The zero-order valence-electron chi connectivity index (χ0n) is 15.0. The van der Waals surface area contributed by atoms with Crippen molar-refractivity contribution in [2.45, 2.75) is 31.0 Å². The van der Waals surface area contributed by atoms with Crippen LogP contribution in [0.15, 0.2) is 30.5 Å². The number of alkyl halides is 3. The van der Waals surface area contributed by atoms with Crippen molar-refractivity contribution in [2.24, 2.45) is 5.92 Å². The highest BCUT2D eigenvalue weighted by molar-refractivity contribution is 5.95. The predicted molar refractivity (Wildman–Crippen MR) is 98.2 cm³/mol. The lowest BCUT2D eigenvalue weighted by Crippen LogP contribution is -2.59. The third-order valence-corrected chi connectivity index (χ3v) is 4.85. The molecular formula is C20H16F4N4O. The maximum Gasteiger partial charge on any atom is 0.427 e. The van der Waals surface area contributed by atoms with Gasteiger partial charge in [0, 0.05) is 29.8 Å². The SMILES string of the molecule is Nc1cc(Cc2cc3c(cc2F)C(C#CC2CC2)(C(F)(F)F)NC(=O)N3)ccn1. The first kappa shape index (κ1) is 19.1. The number of nitrogen functional groups attached to an aromatic ring is 1. The van der Waals surface area contributed by atoms with Crippen LogP contribution in [0.2, 0.25) is 0 Å². The molecule has 4 rings (SSSR count). The standard InChI is InChI=1S/C20H16F4N4O/c21-15-10-14-16(9-13(15)7-12-4-6-26-17(25)8-12)27-18(29)28-19(14,20(22,23)24)5-3-11-1-2-11/h4,6,8-11H,1-2,7H2,(H2,25,26)(H2,27,28,29). The zero-order chi connectivity index (χ0) is 20.8. The summed E-state index contributed by atoms with van der Waals surface area (Å²) in [7, 11) is 0. The molecule has 150 valence electrons. The molecule has 0 spiro atoms. The second kappa shape index (κ2) is 6.65. The first-order valence-corrected chi connectivity index (χ1v) is 8.90. The van der Waals surface area contributed by atoms with E-state index in [1.807, 2.05) is 5.32 Å². The van der Waals surface area contributed by atoms with Gasteiger partial charge in [-0.05, 0) is 48.2 Å². The second-order valence-corrected chi connectivity index (χ2v) is 7.13. The number of nitrogens with one attached hydrogen (secondary N) is 2. The molecule has 5 nitrogen and oxygen atoms in total. The zero-order valence-corrected chi connectivity index (χ0v) is 15.0. The first-order valence-electron chi connectivity index (χ1n) is 8.90. The van der Waals surface area contributed by atoms with E-state index in [2.05, 4.69) is 22.1 Å². The molecule has 1 aliphatic heterocycles.